The molecule has 172 valence electrons. The second kappa shape index (κ2) is 10.5. The summed E-state index contributed by atoms with van der Waals surface area (Å²) in [5.74, 6) is 2.58. The third-order valence-corrected chi connectivity index (χ3v) is 7.26. The van der Waals surface area contributed by atoms with Gasteiger partial charge in [-0.2, -0.15) is 0 Å². The highest BCUT2D eigenvalue weighted by Gasteiger charge is 2.32. The summed E-state index contributed by atoms with van der Waals surface area (Å²) < 4.78 is 17.6. The summed E-state index contributed by atoms with van der Waals surface area (Å²) in [7, 11) is 1.64. The Labute approximate surface area is 192 Å². The fourth-order valence-corrected chi connectivity index (χ4v) is 5.31. The van der Waals surface area contributed by atoms with Gasteiger partial charge in [-0.1, -0.05) is 37.6 Å². The van der Waals surface area contributed by atoms with Gasteiger partial charge in [0.1, 0.15) is 17.2 Å². The average Bonchev–Trinajstić information content (AvgIpc) is 3.38. The van der Waals surface area contributed by atoms with Crippen molar-refractivity contribution in [2.45, 2.75) is 69.8 Å². The zero-order valence-corrected chi connectivity index (χ0v) is 19.4. The third-order valence-electron chi connectivity index (χ3n) is 6.21. The van der Waals surface area contributed by atoms with Gasteiger partial charge < -0.3 is 13.9 Å². The van der Waals surface area contributed by atoms with E-state index in [1.165, 1.54) is 0 Å². The molecule has 2 aromatic rings. The Balaban J connectivity index is 1.32. The minimum Gasteiger partial charge on any atom is -0.497 e. The molecule has 1 saturated heterocycles. The molecule has 32 heavy (non-hydrogen) atoms. The predicted molar refractivity (Wildman–Crippen MR) is 123 cm³/mol. The Morgan fingerprint density at radius 1 is 1.25 bits per heavy atom. The Kier molecular flexibility index (Phi) is 7.52. The number of ether oxygens (including phenoxy) is 2. The van der Waals surface area contributed by atoms with E-state index < -0.39 is 0 Å². The van der Waals surface area contributed by atoms with Crippen LogP contribution >= 0.6 is 11.8 Å². The fourth-order valence-electron chi connectivity index (χ4n) is 4.47. The maximum atomic E-state index is 11.8. The van der Waals surface area contributed by atoms with E-state index in [0.29, 0.717) is 18.4 Å². The molecular formula is C24H30N2O5S. The number of amides is 2. The van der Waals surface area contributed by atoms with E-state index in [-0.39, 0.29) is 22.5 Å². The molecule has 7 nitrogen and oxygen atoms in total. The first-order valence-corrected chi connectivity index (χ1v) is 12.2. The average molecular weight is 459 g/mol. The lowest BCUT2D eigenvalue weighted by atomic mass is 9.84. The van der Waals surface area contributed by atoms with Crippen molar-refractivity contribution in [1.29, 1.82) is 0 Å². The molecule has 2 aliphatic rings. The van der Waals surface area contributed by atoms with Crippen LogP contribution in [0.5, 0.6) is 5.75 Å². The van der Waals surface area contributed by atoms with E-state index in [1.807, 2.05) is 24.3 Å². The molecule has 2 fully saturated rings. The quantitative estimate of drug-likeness (QED) is 0.558. The largest absolute Gasteiger partial charge is 0.497 e. The van der Waals surface area contributed by atoms with Gasteiger partial charge in [-0.05, 0) is 49.8 Å². The van der Waals surface area contributed by atoms with Crippen molar-refractivity contribution in [2.24, 2.45) is 5.92 Å². The van der Waals surface area contributed by atoms with Gasteiger partial charge in [0.05, 0.1) is 25.1 Å². The molecule has 1 aliphatic carbocycles. The van der Waals surface area contributed by atoms with Gasteiger partial charge in [0.15, 0.2) is 0 Å². The number of rotatable bonds is 9. The Hall–Kier alpha value is -2.32. The zero-order valence-electron chi connectivity index (χ0n) is 18.6. The number of nitrogens with one attached hydrogen (secondary N) is 1. The molecule has 1 saturated carbocycles. The van der Waals surface area contributed by atoms with E-state index in [0.717, 1.165) is 79.5 Å². The van der Waals surface area contributed by atoms with Crippen molar-refractivity contribution in [3.8, 4) is 17.2 Å². The molecule has 4 rings (SSSR count). The smallest absolute Gasteiger partial charge is 0.286 e. The fraction of sp³-hybridized carbons (Fsp3) is 0.542. The van der Waals surface area contributed by atoms with Crippen LogP contribution in [0, 0.1) is 5.92 Å². The van der Waals surface area contributed by atoms with Gasteiger partial charge in [0.2, 0.25) is 11.8 Å². The summed E-state index contributed by atoms with van der Waals surface area (Å²) in [6.45, 7) is 2.49. The zero-order chi connectivity index (χ0) is 22.5. The van der Waals surface area contributed by atoms with Crippen LogP contribution in [0.1, 0.15) is 56.9 Å². The van der Waals surface area contributed by atoms with Crippen molar-refractivity contribution < 1.29 is 23.5 Å². The van der Waals surface area contributed by atoms with Crippen molar-refractivity contribution >= 4 is 22.9 Å². The van der Waals surface area contributed by atoms with Gasteiger partial charge in [-0.15, -0.1) is 0 Å². The van der Waals surface area contributed by atoms with Crippen LogP contribution in [0.15, 0.2) is 28.7 Å². The maximum absolute atomic E-state index is 11.8. The summed E-state index contributed by atoms with van der Waals surface area (Å²) in [6, 6.07) is 7.69. The SMILES string of the molecule is CCc1oc(-c2cccc(OC)c2)nc1CO[C@@H]1CCC[C@H](CCC2SC(=O)NC2=O)C1. The molecule has 0 bridgehead atoms. The van der Waals surface area contributed by atoms with Crippen molar-refractivity contribution in [2.75, 3.05) is 7.11 Å². The Bertz CT molecular complexity index is 960. The van der Waals surface area contributed by atoms with E-state index in [4.69, 9.17) is 18.9 Å². The number of imide groups is 1. The third kappa shape index (κ3) is 5.53. The lowest BCUT2D eigenvalue weighted by Crippen LogP contribution is -2.26. The number of thioether (sulfide) groups is 1. The topological polar surface area (TPSA) is 90.7 Å². The maximum Gasteiger partial charge on any atom is 0.286 e. The van der Waals surface area contributed by atoms with Crippen LogP contribution < -0.4 is 10.1 Å². The molecule has 3 atom stereocenters. The molecular weight excluding hydrogens is 428 g/mol. The van der Waals surface area contributed by atoms with E-state index >= 15 is 0 Å². The molecule has 8 heteroatoms. The molecule has 2 heterocycles. The number of carbonyl (C=O) groups is 2. The number of oxazole rings is 1. The molecule has 2 amide bonds. The molecule has 1 N–H and O–H groups in total. The number of hydrogen-bond donors (Lipinski definition) is 1. The first-order chi connectivity index (χ1) is 15.6. The Morgan fingerprint density at radius 3 is 2.88 bits per heavy atom. The van der Waals surface area contributed by atoms with Crippen LogP contribution in [-0.4, -0.2) is 34.6 Å². The summed E-state index contributed by atoms with van der Waals surface area (Å²) in [6.07, 6.45) is 6.91. The van der Waals surface area contributed by atoms with Crippen molar-refractivity contribution in [3.63, 3.8) is 0 Å². The lowest BCUT2D eigenvalue weighted by Gasteiger charge is -2.29. The number of benzene rings is 1. The van der Waals surface area contributed by atoms with Gasteiger partial charge in [-0.25, -0.2) is 4.98 Å². The molecule has 1 aliphatic heterocycles. The molecule has 0 spiro atoms. The van der Waals surface area contributed by atoms with Gasteiger partial charge in [-0.3, -0.25) is 14.9 Å². The summed E-state index contributed by atoms with van der Waals surface area (Å²) in [5, 5.41) is 1.91. The van der Waals surface area contributed by atoms with Gasteiger partial charge in [0.25, 0.3) is 5.24 Å². The van der Waals surface area contributed by atoms with Crippen LogP contribution in [0.25, 0.3) is 11.5 Å². The van der Waals surface area contributed by atoms with Crippen LogP contribution in [-0.2, 0) is 22.6 Å². The number of aryl methyl sites for hydroxylation is 1. The molecule has 1 unspecified atom stereocenters. The number of aromatic nitrogens is 1. The normalized spacial score (nSPS) is 23.4. The minimum absolute atomic E-state index is 0.145. The first kappa shape index (κ1) is 22.9. The number of methoxy groups -OCH3 is 1. The van der Waals surface area contributed by atoms with E-state index in [2.05, 4.69) is 12.2 Å². The summed E-state index contributed by atoms with van der Waals surface area (Å²) in [4.78, 5) is 27.8. The number of nitrogens with zero attached hydrogens (tertiary/aromatic N) is 1. The summed E-state index contributed by atoms with van der Waals surface area (Å²) in [5.41, 5.74) is 1.74. The van der Waals surface area contributed by atoms with Gasteiger partial charge in [0, 0.05) is 12.0 Å². The number of carbonyl (C=O) groups excluding carboxylic acids is 2. The lowest BCUT2D eigenvalue weighted by molar-refractivity contribution is -0.119. The van der Waals surface area contributed by atoms with Crippen LogP contribution in [0.2, 0.25) is 0 Å². The first-order valence-electron chi connectivity index (χ1n) is 11.3. The standard InChI is InChI=1S/C24H30N2O5S/c1-3-20-19(25-23(31-20)16-7-5-8-17(13-16)29-2)14-30-18-9-4-6-15(12-18)10-11-21-22(27)26-24(28)32-21/h5,7-8,13,15,18,21H,3-4,6,9-12,14H2,1-2H3,(H,26,27,28)/t15-,18-,21?/m1/s1. The molecule has 0 radical (unpaired) electrons. The number of hydrogen-bond acceptors (Lipinski definition) is 7. The predicted octanol–water partition coefficient (Wildman–Crippen LogP) is 5.12. The monoisotopic (exact) mass is 458 g/mol. The second-order valence-corrected chi connectivity index (χ2v) is 9.58. The van der Waals surface area contributed by atoms with Crippen LogP contribution in [0.3, 0.4) is 0 Å². The van der Waals surface area contributed by atoms with Gasteiger partial charge >= 0.3 is 0 Å². The molecule has 1 aromatic carbocycles. The second-order valence-electron chi connectivity index (χ2n) is 8.40. The van der Waals surface area contributed by atoms with Crippen LogP contribution in [0.4, 0.5) is 4.79 Å². The summed E-state index contributed by atoms with van der Waals surface area (Å²) >= 11 is 1.12. The van der Waals surface area contributed by atoms with Crippen molar-refractivity contribution in [1.82, 2.24) is 10.3 Å². The highest BCUT2D eigenvalue weighted by atomic mass is 32.2. The van der Waals surface area contributed by atoms with Crippen molar-refractivity contribution in [3.05, 3.63) is 35.7 Å². The highest BCUT2D eigenvalue weighted by molar-refractivity contribution is 8.15. The Morgan fingerprint density at radius 2 is 2.12 bits per heavy atom. The molecule has 1 aromatic heterocycles. The van der Waals surface area contributed by atoms with E-state index in [9.17, 15) is 9.59 Å². The van der Waals surface area contributed by atoms with E-state index in [1.54, 1.807) is 7.11 Å². The highest BCUT2D eigenvalue weighted by Crippen LogP contribution is 2.33. The minimum atomic E-state index is -0.235.